The average Bonchev–Trinajstić information content (AvgIpc) is 3.17. The van der Waals surface area contributed by atoms with E-state index in [1.807, 2.05) is 36.4 Å². The van der Waals surface area contributed by atoms with Crippen molar-refractivity contribution in [1.82, 2.24) is 6.15 Å². The van der Waals surface area contributed by atoms with Crippen LogP contribution in [0.15, 0.2) is 48.5 Å². The minimum absolute atomic E-state index is 0. The number of hydrogen-bond acceptors (Lipinski definition) is 17. The lowest BCUT2D eigenvalue weighted by Gasteiger charge is -2.09. The van der Waals surface area contributed by atoms with Crippen LogP contribution in [0.25, 0.3) is 0 Å². The quantitative estimate of drug-likeness (QED) is 0.0558. The van der Waals surface area contributed by atoms with E-state index in [9.17, 15) is 18.1 Å². The summed E-state index contributed by atoms with van der Waals surface area (Å²) in [6, 6.07) is 15.2. The molecule has 0 amide bonds. The van der Waals surface area contributed by atoms with Crippen molar-refractivity contribution in [3.8, 4) is 11.5 Å². The van der Waals surface area contributed by atoms with Crippen LogP contribution in [-0.2, 0) is 73.1 Å². The average molecular weight is 826 g/mol. The molecule has 56 heavy (non-hydrogen) atoms. The molecule has 0 spiro atoms. The fraction of sp³-hybridized carbons (Fsp3) is 0.676. The Bertz CT molecular complexity index is 1240. The summed E-state index contributed by atoms with van der Waals surface area (Å²) < 4.78 is 100. The molecule has 0 fully saturated rings. The molecular formula is C37H63NO17S. The van der Waals surface area contributed by atoms with Gasteiger partial charge in [0.1, 0.15) is 18.1 Å². The van der Waals surface area contributed by atoms with Crippen molar-refractivity contribution in [3.63, 3.8) is 0 Å². The van der Waals surface area contributed by atoms with Crippen LogP contribution in [0.5, 0.6) is 11.5 Å². The molecule has 0 aromatic heterocycles. The number of aromatic hydroxyl groups is 1. The van der Waals surface area contributed by atoms with E-state index in [0.717, 1.165) is 17.7 Å². The number of quaternary nitrogens is 1. The lowest BCUT2D eigenvalue weighted by Crippen LogP contribution is -2.16. The minimum Gasteiger partial charge on any atom is -0.726 e. The van der Waals surface area contributed by atoms with Gasteiger partial charge in [0.25, 0.3) is 0 Å². The van der Waals surface area contributed by atoms with Gasteiger partial charge in [-0.1, -0.05) is 24.3 Å². The summed E-state index contributed by atoms with van der Waals surface area (Å²) in [6.45, 7) is 9.43. The Labute approximate surface area is 331 Å². The topological polar surface area (TPSA) is 234 Å². The zero-order valence-electron chi connectivity index (χ0n) is 32.7. The van der Waals surface area contributed by atoms with Crippen molar-refractivity contribution in [1.29, 1.82) is 0 Å². The molecule has 0 unspecified atom stereocenters. The fourth-order valence-corrected chi connectivity index (χ4v) is 4.54. The van der Waals surface area contributed by atoms with E-state index in [4.69, 9.17) is 56.8 Å². The summed E-state index contributed by atoms with van der Waals surface area (Å²) in [6.07, 6.45) is 0.795. The van der Waals surface area contributed by atoms with Gasteiger partial charge in [0.15, 0.2) is 0 Å². The maximum absolute atomic E-state index is 10.2. The molecule has 18 nitrogen and oxygen atoms in total. The van der Waals surface area contributed by atoms with Gasteiger partial charge in [0.2, 0.25) is 10.4 Å². The van der Waals surface area contributed by atoms with Crippen LogP contribution in [-0.4, -0.2) is 177 Å². The predicted octanol–water partition coefficient (Wildman–Crippen LogP) is 2.40. The van der Waals surface area contributed by atoms with Gasteiger partial charge >= 0.3 is 0 Å². The summed E-state index contributed by atoms with van der Waals surface area (Å²) in [5.41, 5.74) is 2.31. The van der Waals surface area contributed by atoms with Gasteiger partial charge in [-0.25, -0.2) is 8.42 Å². The van der Waals surface area contributed by atoms with E-state index in [-0.39, 0.29) is 31.7 Å². The summed E-state index contributed by atoms with van der Waals surface area (Å²) in [7, 11) is -4.68. The largest absolute Gasteiger partial charge is 0.726 e. The molecule has 0 radical (unpaired) electrons. The van der Waals surface area contributed by atoms with Gasteiger partial charge in [-0.2, -0.15) is 0 Å². The number of hydrogen-bond donors (Lipinski definition) is 2. The molecule has 0 aliphatic carbocycles. The molecule has 2 aromatic carbocycles. The Morgan fingerprint density at radius 3 is 0.929 bits per heavy atom. The van der Waals surface area contributed by atoms with E-state index in [1.165, 1.54) is 5.56 Å². The van der Waals surface area contributed by atoms with E-state index in [2.05, 4.69) is 4.18 Å². The van der Waals surface area contributed by atoms with Crippen molar-refractivity contribution in [2.75, 3.05) is 159 Å². The third kappa shape index (κ3) is 33.6. The van der Waals surface area contributed by atoms with E-state index >= 15 is 0 Å². The molecule has 2 aromatic rings. The number of phenols is 1. The zero-order valence-corrected chi connectivity index (χ0v) is 33.5. The molecule has 0 atom stereocenters. The molecule has 19 heteroatoms. The van der Waals surface area contributed by atoms with Crippen LogP contribution in [0.2, 0.25) is 0 Å². The maximum Gasteiger partial charge on any atom is 0.217 e. The van der Waals surface area contributed by atoms with Gasteiger partial charge in [-0.3, -0.25) is 4.18 Å². The lowest BCUT2D eigenvalue weighted by atomic mass is 10.0. The SMILES string of the molecule is O=S(=O)([O-])OCCOCCOCCOCCOCCOCCOCCOCCOCCOCCOCCOCCOc1ccc(Cc2ccc(O)cc2)cc1.[NH4+]. The second-order valence-electron chi connectivity index (χ2n) is 11.3. The monoisotopic (exact) mass is 825 g/mol. The number of ether oxygens (including phenoxy) is 12. The van der Waals surface area contributed by atoms with Crippen molar-refractivity contribution in [3.05, 3.63) is 59.7 Å². The third-order valence-corrected chi connectivity index (χ3v) is 7.40. The highest BCUT2D eigenvalue weighted by Gasteiger charge is 2.01. The van der Waals surface area contributed by atoms with Crippen molar-refractivity contribution in [2.45, 2.75) is 6.42 Å². The summed E-state index contributed by atoms with van der Waals surface area (Å²) in [4.78, 5) is 0. The Morgan fingerprint density at radius 2 is 0.643 bits per heavy atom. The van der Waals surface area contributed by atoms with Crippen molar-refractivity contribution >= 4 is 10.4 Å². The van der Waals surface area contributed by atoms with Gasteiger partial charge in [-0.05, 0) is 41.8 Å². The fourth-order valence-electron chi connectivity index (χ4n) is 4.27. The highest BCUT2D eigenvalue weighted by Crippen LogP contribution is 2.17. The maximum atomic E-state index is 10.2. The summed E-state index contributed by atoms with van der Waals surface area (Å²) in [5.74, 6) is 1.06. The van der Waals surface area contributed by atoms with E-state index in [1.54, 1.807) is 12.1 Å². The molecule has 5 N–H and O–H groups in total. The molecule has 0 bridgehead atoms. The van der Waals surface area contributed by atoms with Crippen LogP contribution in [0.4, 0.5) is 0 Å². The number of rotatable bonds is 40. The first-order chi connectivity index (χ1) is 26.9. The van der Waals surface area contributed by atoms with E-state index < -0.39 is 10.4 Å². The molecule has 0 saturated carbocycles. The van der Waals surface area contributed by atoms with Crippen molar-refractivity contribution < 1.29 is 79.1 Å². The van der Waals surface area contributed by atoms with E-state index in [0.29, 0.717) is 139 Å². The Morgan fingerprint density at radius 1 is 0.393 bits per heavy atom. The molecular weight excluding hydrogens is 762 g/mol. The first-order valence-electron chi connectivity index (χ1n) is 18.4. The van der Waals surface area contributed by atoms with Gasteiger partial charge in [0.05, 0.1) is 152 Å². The highest BCUT2D eigenvalue weighted by atomic mass is 32.3. The summed E-state index contributed by atoms with van der Waals surface area (Å²) in [5, 5.41) is 9.40. The zero-order chi connectivity index (χ0) is 39.3. The molecule has 324 valence electrons. The summed E-state index contributed by atoms with van der Waals surface area (Å²) >= 11 is 0. The molecule has 0 aliphatic rings. The minimum atomic E-state index is -4.68. The normalized spacial score (nSPS) is 11.5. The molecule has 0 saturated heterocycles. The van der Waals surface area contributed by atoms with Crippen LogP contribution >= 0.6 is 0 Å². The first kappa shape index (κ1) is 51.4. The standard InChI is InChI=1S/C37H60O17S.H3N/c38-36-5-1-34(2-6-36)33-35-3-7-37(8-4-35)53-31-29-51-27-25-49-23-21-47-19-17-45-15-13-43-11-9-42-10-12-44-14-16-46-18-20-48-22-24-50-26-28-52-30-32-54-55(39,40)41;/h1-8,38H,9-33H2,(H,39,40,41);1H3. The van der Waals surface area contributed by atoms with Crippen LogP contribution in [0.1, 0.15) is 11.1 Å². The third-order valence-electron chi connectivity index (χ3n) is 6.94. The van der Waals surface area contributed by atoms with Gasteiger partial charge < -0.3 is 72.7 Å². The smallest absolute Gasteiger partial charge is 0.217 e. The number of phenolic OH excluding ortho intramolecular Hbond substituents is 1. The first-order valence-corrected chi connectivity index (χ1v) is 19.7. The molecule has 0 heterocycles. The molecule has 0 aliphatic heterocycles. The van der Waals surface area contributed by atoms with Crippen LogP contribution in [0.3, 0.4) is 0 Å². The van der Waals surface area contributed by atoms with Crippen molar-refractivity contribution in [2.24, 2.45) is 0 Å². The highest BCUT2D eigenvalue weighted by molar-refractivity contribution is 7.80. The predicted molar refractivity (Wildman–Crippen MR) is 203 cm³/mol. The van der Waals surface area contributed by atoms with Crippen LogP contribution in [0, 0.1) is 0 Å². The Hall–Kier alpha value is -2.57. The Balaban J connectivity index is 0.0000157. The lowest BCUT2D eigenvalue weighted by molar-refractivity contribution is -0.0279. The van der Waals surface area contributed by atoms with Gasteiger partial charge in [0, 0.05) is 0 Å². The van der Waals surface area contributed by atoms with Crippen LogP contribution < -0.4 is 10.9 Å². The second-order valence-corrected chi connectivity index (χ2v) is 12.4. The number of benzene rings is 2. The Kier molecular flexibility index (Phi) is 33.8. The van der Waals surface area contributed by atoms with Gasteiger partial charge in [-0.15, -0.1) is 0 Å². The second kappa shape index (κ2) is 36.7. The molecule has 2 rings (SSSR count).